The lowest BCUT2D eigenvalue weighted by atomic mass is 9.98. The summed E-state index contributed by atoms with van der Waals surface area (Å²) < 4.78 is 21.7. The lowest BCUT2D eigenvalue weighted by Crippen LogP contribution is -2.43. The number of carbonyl (C=O) groups excluding carboxylic acids is 3. The van der Waals surface area contributed by atoms with Crippen LogP contribution < -0.4 is 14.8 Å². The molecule has 0 saturated heterocycles. The minimum absolute atomic E-state index is 0.0483. The quantitative estimate of drug-likeness (QED) is 0.182. The molecule has 41 heavy (non-hydrogen) atoms. The third-order valence-corrected chi connectivity index (χ3v) is 6.81. The Balaban J connectivity index is 2.04. The second-order valence-corrected chi connectivity index (χ2v) is 11.7. The summed E-state index contributed by atoms with van der Waals surface area (Å²) in [4.78, 5) is 49.0. The van der Waals surface area contributed by atoms with Gasteiger partial charge in [-0.05, 0) is 81.4 Å². The highest BCUT2D eigenvalue weighted by Gasteiger charge is 2.23. The SMILES string of the molecule is CC(C)CCC(=O)Oc1ccc(C[C@H](NCC(C)OC(=O)OC2CCCCC2)C(=O)O)cc1OC(=O)CCC(C)C. The Morgan fingerprint density at radius 2 is 1.46 bits per heavy atom. The summed E-state index contributed by atoms with van der Waals surface area (Å²) in [6.07, 6.45) is 5.12. The highest BCUT2D eigenvalue weighted by molar-refractivity contribution is 5.77. The number of carboxylic acid groups (broad SMARTS) is 1. The molecule has 0 spiro atoms. The van der Waals surface area contributed by atoms with Crippen molar-refractivity contribution >= 4 is 24.1 Å². The molecule has 0 amide bonds. The highest BCUT2D eigenvalue weighted by Crippen LogP contribution is 2.30. The first kappa shape index (κ1) is 34.1. The monoisotopic (exact) mass is 577 g/mol. The number of carboxylic acids is 1. The lowest BCUT2D eigenvalue weighted by Gasteiger charge is -2.23. The van der Waals surface area contributed by atoms with E-state index in [0.717, 1.165) is 32.1 Å². The van der Waals surface area contributed by atoms with E-state index in [1.54, 1.807) is 13.0 Å². The maximum absolute atomic E-state index is 12.5. The number of ether oxygens (including phenoxy) is 4. The highest BCUT2D eigenvalue weighted by atomic mass is 16.7. The Bertz CT molecular complexity index is 1000. The average Bonchev–Trinajstić information content (AvgIpc) is 2.90. The number of hydrogen-bond donors (Lipinski definition) is 2. The molecular formula is C31H47NO9. The number of esters is 2. The van der Waals surface area contributed by atoms with Crippen LogP contribution in [-0.2, 0) is 30.3 Å². The van der Waals surface area contributed by atoms with Gasteiger partial charge in [-0.1, -0.05) is 40.2 Å². The zero-order chi connectivity index (χ0) is 30.4. The van der Waals surface area contributed by atoms with E-state index in [4.69, 9.17) is 18.9 Å². The van der Waals surface area contributed by atoms with Crippen molar-refractivity contribution in [3.63, 3.8) is 0 Å². The van der Waals surface area contributed by atoms with Crippen molar-refractivity contribution < 1.29 is 43.2 Å². The molecule has 0 aliphatic heterocycles. The predicted octanol–water partition coefficient (Wildman–Crippen LogP) is 5.83. The van der Waals surface area contributed by atoms with E-state index in [2.05, 4.69) is 5.32 Å². The molecular weight excluding hydrogens is 530 g/mol. The van der Waals surface area contributed by atoms with Crippen LogP contribution in [-0.4, -0.2) is 54.0 Å². The summed E-state index contributed by atoms with van der Waals surface area (Å²) in [6.45, 7) is 9.77. The van der Waals surface area contributed by atoms with E-state index in [1.165, 1.54) is 12.1 Å². The van der Waals surface area contributed by atoms with Crippen LogP contribution >= 0.6 is 0 Å². The molecule has 0 heterocycles. The number of hydrogen-bond acceptors (Lipinski definition) is 9. The summed E-state index contributed by atoms with van der Waals surface area (Å²) in [5.74, 6) is -1.18. The molecule has 1 aliphatic carbocycles. The van der Waals surface area contributed by atoms with Gasteiger partial charge in [0.05, 0.1) is 0 Å². The van der Waals surface area contributed by atoms with Crippen molar-refractivity contribution in [3.05, 3.63) is 23.8 Å². The molecule has 10 nitrogen and oxygen atoms in total. The summed E-state index contributed by atoms with van der Waals surface area (Å²) in [7, 11) is 0. The third-order valence-electron chi connectivity index (χ3n) is 6.81. The number of rotatable bonds is 16. The third kappa shape index (κ3) is 13.9. The van der Waals surface area contributed by atoms with Gasteiger partial charge in [-0.3, -0.25) is 14.4 Å². The fourth-order valence-corrected chi connectivity index (χ4v) is 4.35. The zero-order valence-corrected chi connectivity index (χ0v) is 25.1. The van der Waals surface area contributed by atoms with Crippen LogP contribution in [0.15, 0.2) is 18.2 Å². The molecule has 10 heteroatoms. The van der Waals surface area contributed by atoms with Crippen LogP contribution in [0.3, 0.4) is 0 Å². The van der Waals surface area contributed by atoms with E-state index < -0.39 is 36.2 Å². The Labute approximate surface area is 243 Å². The number of carbonyl (C=O) groups is 4. The average molecular weight is 578 g/mol. The molecule has 1 fully saturated rings. The van der Waals surface area contributed by atoms with Gasteiger partial charge in [0.1, 0.15) is 18.2 Å². The van der Waals surface area contributed by atoms with Gasteiger partial charge in [0, 0.05) is 19.4 Å². The van der Waals surface area contributed by atoms with Gasteiger partial charge in [0.2, 0.25) is 0 Å². The molecule has 1 saturated carbocycles. The van der Waals surface area contributed by atoms with Crippen LogP contribution in [0.25, 0.3) is 0 Å². The molecule has 0 bridgehead atoms. The van der Waals surface area contributed by atoms with E-state index >= 15 is 0 Å². The Hall–Kier alpha value is -3.14. The van der Waals surface area contributed by atoms with Crippen molar-refractivity contribution in [1.82, 2.24) is 5.32 Å². The summed E-state index contributed by atoms with van der Waals surface area (Å²) in [5, 5.41) is 12.7. The molecule has 2 atom stereocenters. The van der Waals surface area contributed by atoms with Crippen LogP contribution in [0.1, 0.15) is 98.0 Å². The fraction of sp³-hybridized carbons (Fsp3) is 0.677. The summed E-state index contributed by atoms with van der Waals surface area (Å²) in [5.41, 5.74) is 0.559. The minimum atomic E-state index is -1.10. The van der Waals surface area contributed by atoms with Gasteiger partial charge in [-0.15, -0.1) is 0 Å². The number of benzene rings is 1. The topological polar surface area (TPSA) is 137 Å². The molecule has 1 aromatic rings. The van der Waals surface area contributed by atoms with Crippen LogP contribution in [0, 0.1) is 11.8 Å². The molecule has 2 rings (SSSR count). The van der Waals surface area contributed by atoms with Gasteiger partial charge in [0.25, 0.3) is 0 Å². The lowest BCUT2D eigenvalue weighted by molar-refractivity contribution is -0.139. The normalized spacial score (nSPS) is 15.3. The second kappa shape index (κ2) is 17.6. The first-order valence-corrected chi connectivity index (χ1v) is 14.8. The summed E-state index contributed by atoms with van der Waals surface area (Å²) in [6, 6.07) is 3.66. The van der Waals surface area contributed by atoms with Crippen LogP contribution in [0.2, 0.25) is 0 Å². The van der Waals surface area contributed by atoms with Gasteiger partial charge in [-0.2, -0.15) is 0 Å². The maximum atomic E-state index is 12.5. The molecule has 0 aromatic heterocycles. The minimum Gasteiger partial charge on any atom is -0.480 e. The van der Waals surface area contributed by atoms with Crippen molar-refractivity contribution in [2.45, 2.75) is 117 Å². The maximum Gasteiger partial charge on any atom is 0.508 e. The van der Waals surface area contributed by atoms with Gasteiger partial charge < -0.3 is 29.4 Å². The van der Waals surface area contributed by atoms with Gasteiger partial charge >= 0.3 is 24.1 Å². The molecule has 1 aliphatic rings. The van der Waals surface area contributed by atoms with Gasteiger partial charge in [0.15, 0.2) is 11.5 Å². The molecule has 2 N–H and O–H groups in total. The predicted molar refractivity (Wildman–Crippen MR) is 153 cm³/mol. The van der Waals surface area contributed by atoms with Crippen LogP contribution in [0.4, 0.5) is 4.79 Å². The standard InChI is InChI=1S/C31H47NO9/c1-20(2)11-15-28(33)40-26-14-13-23(18-27(26)41-29(34)16-12-21(3)4)17-25(30(35)36)32-19-22(5)38-31(37)39-24-9-7-6-8-10-24/h13-14,18,20-22,24-25,32H,6-12,15-17,19H2,1-5H3,(H,35,36)/t22?,25-/m0/s1. The number of aliphatic carboxylic acids is 1. The van der Waals surface area contributed by atoms with Crippen LogP contribution in [0.5, 0.6) is 11.5 Å². The zero-order valence-electron chi connectivity index (χ0n) is 25.1. The van der Waals surface area contributed by atoms with E-state index in [0.29, 0.717) is 30.2 Å². The molecule has 230 valence electrons. The molecule has 1 aromatic carbocycles. The van der Waals surface area contributed by atoms with Crippen molar-refractivity contribution in [1.29, 1.82) is 0 Å². The van der Waals surface area contributed by atoms with E-state index in [-0.39, 0.29) is 43.4 Å². The Morgan fingerprint density at radius 1 is 0.878 bits per heavy atom. The van der Waals surface area contributed by atoms with E-state index in [1.807, 2.05) is 27.7 Å². The first-order chi connectivity index (χ1) is 19.4. The van der Waals surface area contributed by atoms with E-state index in [9.17, 15) is 24.3 Å². The smallest absolute Gasteiger partial charge is 0.480 e. The van der Waals surface area contributed by atoms with Crippen molar-refractivity contribution in [3.8, 4) is 11.5 Å². The molecule has 0 radical (unpaired) electrons. The fourth-order valence-electron chi connectivity index (χ4n) is 4.35. The second-order valence-electron chi connectivity index (χ2n) is 11.7. The largest absolute Gasteiger partial charge is 0.508 e. The summed E-state index contributed by atoms with van der Waals surface area (Å²) >= 11 is 0. The molecule has 1 unspecified atom stereocenters. The van der Waals surface area contributed by atoms with Crippen molar-refractivity contribution in [2.75, 3.05) is 6.54 Å². The first-order valence-electron chi connectivity index (χ1n) is 14.8. The Kier molecular flexibility index (Phi) is 14.6. The number of nitrogens with one attached hydrogen (secondary N) is 1. The van der Waals surface area contributed by atoms with Gasteiger partial charge in [-0.25, -0.2) is 4.79 Å². The van der Waals surface area contributed by atoms with Crippen molar-refractivity contribution in [2.24, 2.45) is 11.8 Å². The Morgan fingerprint density at radius 3 is 2.02 bits per heavy atom.